The zero-order valence-corrected chi connectivity index (χ0v) is 14.8. The van der Waals surface area contributed by atoms with Crippen molar-refractivity contribution in [1.82, 2.24) is 4.90 Å². The molecule has 0 bridgehead atoms. The third-order valence-electron chi connectivity index (χ3n) is 4.18. The molecular weight excluding hydrogens is 352 g/mol. The Morgan fingerprint density at radius 2 is 2.12 bits per heavy atom. The van der Waals surface area contributed by atoms with Crippen LogP contribution in [0.4, 0.5) is 0 Å². The summed E-state index contributed by atoms with van der Waals surface area (Å²) in [5.41, 5.74) is 2.14. The van der Waals surface area contributed by atoms with Crippen LogP contribution >= 0.6 is 11.6 Å². The fraction of sp³-hybridized carbons (Fsp3) is 0.200. The highest BCUT2D eigenvalue weighted by Crippen LogP contribution is 2.24. The molecule has 2 aliphatic heterocycles. The monoisotopic (exact) mass is 368 g/mol. The number of aliphatic imine (C=N–C) groups is 1. The van der Waals surface area contributed by atoms with Gasteiger partial charge in [0.25, 0.3) is 11.9 Å². The molecule has 0 aromatic heterocycles. The van der Waals surface area contributed by atoms with E-state index in [2.05, 4.69) is 4.99 Å². The van der Waals surface area contributed by atoms with Crippen molar-refractivity contribution in [3.05, 3.63) is 70.4 Å². The molecular formula is C20H17ClN2O3. The van der Waals surface area contributed by atoms with Crippen molar-refractivity contribution in [2.75, 3.05) is 13.2 Å². The number of amides is 1. The van der Waals surface area contributed by atoms with E-state index in [0.717, 1.165) is 17.5 Å². The summed E-state index contributed by atoms with van der Waals surface area (Å²) in [6, 6.07) is 15.5. The van der Waals surface area contributed by atoms with Crippen LogP contribution in [0.5, 0.6) is 5.75 Å². The molecule has 6 heteroatoms. The summed E-state index contributed by atoms with van der Waals surface area (Å²) in [5, 5.41) is 0.676. The van der Waals surface area contributed by atoms with Crippen LogP contribution in [0, 0.1) is 0 Å². The van der Waals surface area contributed by atoms with Crippen molar-refractivity contribution >= 4 is 29.6 Å². The van der Waals surface area contributed by atoms with E-state index >= 15 is 0 Å². The van der Waals surface area contributed by atoms with Gasteiger partial charge in [-0.2, -0.15) is 4.99 Å². The second-order valence-electron chi connectivity index (χ2n) is 6.04. The molecule has 132 valence electrons. The Morgan fingerprint density at radius 1 is 1.23 bits per heavy atom. The van der Waals surface area contributed by atoms with Crippen LogP contribution in [0.1, 0.15) is 17.5 Å². The number of ether oxygens (including phenoxy) is 2. The van der Waals surface area contributed by atoms with Crippen LogP contribution in [-0.2, 0) is 16.1 Å². The summed E-state index contributed by atoms with van der Waals surface area (Å²) in [7, 11) is 0. The first-order valence-electron chi connectivity index (χ1n) is 8.42. The topological polar surface area (TPSA) is 51.1 Å². The van der Waals surface area contributed by atoms with Crippen molar-refractivity contribution in [3.63, 3.8) is 0 Å². The Morgan fingerprint density at radius 3 is 2.96 bits per heavy atom. The van der Waals surface area contributed by atoms with Gasteiger partial charge < -0.3 is 9.47 Å². The molecule has 0 saturated carbocycles. The van der Waals surface area contributed by atoms with Gasteiger partial charge in [0.2, 0.25) is 0 Å². The highest BCUT2D eigenvalue weighted by atomic mass is 35.5. The predicted molar refractivity (Wildman–Crippen MR) is 99.9 cm³/mol. The summed E-state index contributed by atoms with van der Waals surface area (Å²) in [5.74, 6) is 0.577. The van der Waals surface area contributed by atoms with Gasteiger partial charge >= 0.3 is 0 Å². The van der Waals surface area contributed by atoms with Gasteiger partial charge in [0, 0.05) is 17.1 Å². The number of hydrogen-bond donors (Lipinski definition) is 0. The summed E-state index contributed by atoms with van der Waals surface area (Å²) >= 11 is 6.15. The fourth-order valence-electron chi connectivity index (χ4n) is 2.85. The minimum Gasteiger partial charge on any atom is -0.489 e. The Labute approximate surface area is 156 Å². The highest BCUT2D eigenvalue weighted by molar-refractivity contribution is 6.31. The minimum atomic E-state index is -0.123. The lowest BCUT2D eigenvalue weighted by Crippen LogP contribution is -2.38. The summed E-state index contributed by atoms with van der Waals surface area (Å²) in [4.78, 5) is 18.3. The van der Waals surface area contributed by atoms with Crippen molar-refractivity contribution in [3.8, 4) is 5.75 Å². The smallest absolute Gasteiger partial charge is 0.299 e. The van der Waals surface area contributed by atoms with E-state index in [1.165, 1.54) is 0 Å². The van der Waals surface area contributed by atoms with E-state index < -0.39 is 0 Å². The Balaban J connectivity index is 1.50. The molecule has 2 aliphatic rings. The Kier molecular flexibility index (Phi) is 4.63. The number of halogens is 1. The first-order valence-corrected chi connectivity index (χ1v) is 8.80. The highest BCUT2D eigenvalue weighted by Gasteiger charge is 2.33. The van der Waals surface area contributed by atoms with E-state index in [4.69, 9.17) is 21.1 Å². The first kappa shape index (κ1) is 16.7. The molecule has 0 atom stereocenters. The number of carbonyl (C=O) groups is 1. The van der Waals surface area contributed by atoms with Gasteiger partial charge in [0.1, 0.15) is 18.1 Å². The van der Waals surface area contributed by atoms with Gasteiger partial charge in [-0.05, 0) is 36.3 Å². The molecule has 0 N–H and O–H groups in total. The zero-order valence-electron chi connectivity index (χ0n) is 14.0. The second-order valence-corrected chi connectivity index (χ2v) is 6.44. The maximum atomic E-state index is 12.4. The molecule has 1 amide bonds. The number of amidine groups is 1. The summed E-state index contributed by atoms with van der Waals surface area (Å²) in [6.45, 7) is 1.62. The van der Waals surface area contributed by atoms with Gasteiger partial charge in [0.05, 0.1) is 6.61 Å². The average molecular weight is 369 g/mol. The second kappa shape index (κ2) is 7.22. The summed E-state index contributed by atoms with van der Waals surface area (Å²) in [6.07, 6.45) is 2.57. The normalized spacial score (nSPS) is 17.7. The van der Waals surface area contributed by atoms with Crippen molar-refractivity contribution < 1.29 is 14.3 Å². The Hall–Kier alpha value is -2.79. The van der Waals surface area contributed by atoms with Crippen LogP contribution in [0.3, 0.4) is 0 Å². The van der Waals surface area contributed by atoms with Crippen LogP contribution < -0.4 is 4.74 Å². The lowest BCUT2D eigenvalue weighted by molar-refractivity contribution is -0.124. The van der Waals surface area contributed by atoms with Crippen LogP contribution in [0.25, 0.3) is 6.08 Å². The van der Waals surface area contributed by atoms with Crippen molar-refractivity contribution in [2.24, 2.45) is 4.99 Å². The maximum Gasteiger partial charge on any atom is 0.299 e. The molecule has 2 aromatic rings. The van der Waals surface area contributed by atoms with Crippen molar-refractivity contribution in [2.45, 2.75) is 13.0 Å². The largest absolute Gasteiger partial charge is 0.489 e. The molecule has 1 fully saturated rings. The van der Waals surface area contributed by atoms with Crippen LogP contribution in [-0.4, -0.2) is 30.0 Å². The van der Waals surface area contributed by atoms with Gasteiger partial charge in [-0.15, -0.1) is 0 Å². The lowest BCUT2D eigenvalue weighted by Gasteiger charge is -2.22. The average Bonchev–Trinajstić information content (AvgIpc) is 2.97. The molecule has 1 saturated heterocycles. The molecule has 26 heavy (non-hydrogen) atoms. The minimum absolute atomic E-state index is 0.123. The van der Waals surface area contributed by atoms with E-state index in [1.54, 1.807) is 11.0 Å². The van der Waals surface area contributed by atoms with E-state index in [-0.39, 0.29) is 5.91 Å². The molecule has 0 aliphatic carbocycles. The van der Waals surface area contributed by atoms with Gasteiger partial charge in [-0.25, -0.2) is 0 Å². The predicted octanol–water partition coefficient (Wildman–Crippen LogP) is 3.88. The molecule has 2 heterocycles. The van der Waals surface area contributed by atoms with Crippen molar-refractivity contribution in [1.29, 1.82) is 0 Å². The van der Waals surface area contributed by atoms with Crippen LogP contribution in [0.15, 0.2) is 59.2 Å². The molecule has 2 aromatic carbocycles. The number of nitrogens with zero attached hydrogens (tertiary/aromatic N) is 2. The van der Waals surface area contributed by atoms with Gasteiger partial charge in [-0.3, -0.25) is 9.69 Å². The summed E-state index contributed by atoms with van der Waals surface area (Å²) < 4.78 is 11.3. The molecule has 5 nitrogen and oxygen atoms in total. The maximum absolute atomic E-state index is 12.4. The van der Waals surface area contributed by atoms with Gasteiger partial charge in [0.15, 0.2) is 0 Å². The standard InChI is InChI=1S/C20H17ClN2O3/c21-17-8-2-1-6-15(17)13-26-16-7-3-5-14(11-16)12-18-19(24)23-9-4-10-25-20(23)22-18/h1-3,5-8,11-12H,4,9-10,13H2/b18-12-. The van der Waals surface area contributed by atoms with E-state index in [1.807, 2.05) is 48.5 Å². The quantitative estimate of drug-likeness (QED) is 0.769. The number of benzene rings is 2. The number of rotatable bonds is 4. The zero-order chi connectivity index (χ0) is 17.9. The third-order valence-corrected chi connectivity index (χ3v) is 4.55. The third kappa shape index (κ3) is 3.44. The molecule has 4 rings (SSSR count). The van der Waals surface area contributed by atoms with Gasteiger partial charge in [-0.1, -0.05) is 41.9 Å². The molecule has 0 radical (unpaired) electrons. The number of carbonyl (C=O) groups excluding carboxylic acids is 1. The Bertz CT molecular complexity index is 907. The fourth-order valence-corrected chi connectivity index (χ4v) is 3.04. The number of hydrogen-bond acceptors (Lipinski definition) is 4. The lowest BCUT2D eigenvalue weighted by atomic mass is 10.1. The number of fused-ring (bicyclic) bond motifs is 1. The SMILES string of the molecule is O=C1/C(=C/c2cccc(OCc3ccccc3Cl)c2)N=C2OCCCN12. The van der Waals surface area contributed by atoms with Crippen LogP contribution in [0.2, 0.25) is 5.02 Å². The first-order chi connectivity index (χ1) is 12.7. The van der Waals surface area contributed by atoms with E-state index in [9.17, 15) is 4.79 Å². The van der Waals surface area contributed by atoms with E-state index in [0.29, 0.717) is 42.2 Å². The molecule has 0 unspecified atom stereocenters. The molecule has 0 spiro atoms.